The highest BCUT2D eigenvalue weighted by molar-refractivity contribution is 5.99. The van der Waals surface area contributed by atoms with Crippen LogP contribution in [-0.2, 0) is 11.3 Å². The fraction of sp³-hybridized carbons (Fsp3) is 0.462. The molecule has 0 bridgehead atoms. The van der Waals surface area contributed by atoms with Gasteiger partial charge in [-0.1, -0.05) is 18.9 Å². The average Bonchev–Trinajstić information content (AvgIpc) is 3.11. The maximum atomic E-state index is 12.4. The molecule has 1 amide bonds. The van der Waals surface area contributed by atoms with Gasteiger partial charge >= 0.3 is 5.97 Å². The van der Waals surface area contributed by atoms with Gasteiger partial charge in [0.25, 0.3) is 5.91 Å². The molecule has 2 N–H and O–H groups in total. The zero-order valence-corrected chi connectivity index (χ0v) is 19.0. The van der Waals surface area contributed by atoms with E-state index in [1.165, 1.54) is 0 Å². The molecule has 0 aromatic heterocycles. The van der Waals surface area contributed by atoms with Gasteiger partial charge in [-0.2, -0.15) is 0 Å². The van der Waals surface area contributed by atoms with Crippen LogP contribution < -0.4 is 19.5 Å². The van der Waals surface area contributed by atoms with Gasteiger partial charge in [-0.25, -0.2) is 0 Å². The summed E-state index contributed by atoms with van der Waals surface area (Å²) in [5.41, 5.74) is 2.40. The lowest BCUT2D eigenvalue weighted by Crippen LogP contribution is -2.55. The van der Waals surface area contributed by atoms with Gasteiger partial charge in [0.2, 0.25) is 5.75 Å². The molecule has 1 unspecified atom stereocenters. The third-order valence-corrected chi connectivity index (χ3v) is 7.64. The molecule has 1 heterocycles. The minimum atomic E-state index is -0.870. The molecule has 7 nitrogen and oxygen atoms in total. The molecule has 2 aliphatic carbocycles. The Morgan fingerprint density at radius 1 is 1.06 bits per heavy atom. The summed E-state index contributed by atoms with van der Waals surface area (Å²) in [6.07, 6.45) is 4.73. The highest BCUT2D eigenvalue weighted by atomic mass is 16.5. The first-order valence-electron chi connectivity index (χ1n) is 11.5. The van der Waals surface area contributed by atoms with Crippen LogP contribution in [-0.4, -0.2) is 37.3 Å². The van der Waals surface area contributed by atoms with Crippen LogP contribution in [0.1, 0.15) is 54.4 Å². The number of amides is 1. The van der Waals surface area contributed by atoms with Crippen LogP contribution in [0.3, 0.4) is 0 Å². The third kappa shape index (κ3) is 3.41. The Morgan fingerprint density at radius 2 is 1.82 bits per heavy atom. The van der Waals surface area contributed by atoms with Crippen LogP contribution in [0.5, 0.6) is 17.2 Å². The summed E-state index contributed by atoms with van der Waals surface area (Å²) in [6, 6.07) is 9.44. The van der Waals surface area contributed by atoms with E-state index in [1.807, 2.05) is 30.3 Å². The van der Waals surface area contributed by atoms with Crippen LogP contribution >= 0.6 is 0 Å². The average molecular weight is 452 g/mol. The van der Waals surface area contributed by atoms with E-state index in [4.69, 9.17) is 14.2 Å². The molecule has 3 aliphatic rings. The summed E-state index contributed by atoms with van der Waals surface area (Å²) in [5.74, 6) is 0.828. The largest absolute Gasteiger partial charge is 0.493 e. The molecule has 2 aromatic rings. The van der Waals surface area contributed by atoms with Crippen LogP contribution in [0.2, 0.25) is 0 Å². The monoisotopic (exact) mass is 451 g/mol. The molecule has 1 aliphatic heterocycles. The number of nitrogens with one attached hydrogen (secondary N) is 1. The number of aliphatic carboxylic acids is 1. The van der Waals surface area contributed by atoms with Gasteiger partial charge < -0.3 is 24.6 Å². The summed E-state index contributed by atoms with van der Waals surface area (Å²) < 4.78 is 18.0. The molecule has 33 heavy (non-hydrogen) atoms. The minimum absolute atomic E-state index is 0.0706. The Kier molecular flexibility index (Phi) is 5.43. The second-order valence-corrected chi connectivity index (χ2v) is 9.28. The lowest BCUT2D eigenvalue weighted by Gasteiger charge is -2.49. The molecule has 1 atom stereocenters. The van der Waals surface area contributed by atoms with Gasteiger partial charge in [0.15, 0.2) is 11.5 Å². The van der Waals surface area contributed by atoms with Gasteiger partial charge in [-0.05, 0) is 67.0 Å². The lowest BCUT2D eigenvalue weighted by molar-refractivity contribution is -0.169. The zero-order chi connectivity index (χ0) is 23.2. The van der Waals surface area contributed by atoms with Crippen LogP contribution in [0.15, 0.2) is 30.3 Å². The van der Waals surface area contributed by atoms with E-state index < -0.39 is 17.5 Å². The van der Waals surface area contributed by atoms with Crippen molar-refractivity contribution in [2.24, 2.45) is 11.3 Å². The topological polar surface area (TPSA) is 94.1 Å². The Balaban J connectivity index is 1.62. The summed E-state index contributed by atoms with van der Waals surface area (Å²) in [7, 11) is 3.14. The third-order valence-electron chi connectivity index (χ3n) is 7.64. The standard InChI is InChI=1S/C26H29NO6/c1-31-20-10-9-18(16-7-8-19-17(13-16)14-27-24(19)28)21(22(20)32-2)33-23(15-5-3-6-15)26(25(29)30)11-4-12-26/h7-10,13,15,23H,3-6,11-12,14H2,1-2H3,(H,27,28)(H,29,30). The first kappa shape index (κ1) is 21.6. The van der Waals surface area contributed by atoms with Gasteiger partial charge in [-0.3, -0.25) is 9.59 Å². The molecule has 0 saturated heterocycles. The Labute approximate surface area is 193 Å². The van der Waals surface area contributed by atoms with Crippen LogP contribution in [0.25, 0.3) is 11.1 Å². The number of hydrogen-bond acceptors (Lipinski definition) is 5. The van der Waals surface area contributed by atoms with Crippen LogP contribution in [0.4, 0.5) is 0 Å². The first-order valence-corrected chi connectivity index (χ1v) is 11.5. The minimum Gasteiger partial charge on any atom is -0.493 e. The number of carboxylic acids is 1. The van der Waals surface area contributed by atoms with Crippen molar-refractivity contribution in [2.45, 2.75) is 51.2 Å². The van der Waals surface area contributed by atoms with Crippen molar-refractivity contribution in [3.63, 3.8) is 0 Å². The second kappa shape index (κ2) is 8.28. The molecule has 5 rings (SSSR count). The highest BCUT2D eigenvalue weighted by Gasteiger charge is 2.56. The fourth-order valence-corrected chi connectivity index (χ4v) is 5.35. The smallest absolute Gasteiger partial charge is 0.313 e. The molecular weight excluding hydrogens is 422 g/mol. The van der Waals surface area contributed by atoms with E-state index >= 15 is 0 Å². The first-order chi connectivity index (χ1) is 16.0. The molecule has 7 heteroatoms. The fourth-order valence-electron chi connectivity index (χ4n) is 5.35. The number of ether oxygens (including phenoxy) is 3. The van der Waals surface area contributed by atoms with E-state index in [1.54, 1.807) is 14.2 Å². The van der Waals surface area contributed by atoms with Crippen LogP contribution in [0, 0.1) is 11.3 Å². The normalized spacial score (nSPS) is 19.5. The molecule has 2 aromatic carbocycles. The SMILES string of the molecule is COc1ccc(-c2ccc3c(c2)CNC3=O)c(OC(C2CCC2)C2(C(=O)O)CCC2)c1OC. The number of benzene rings is 2. The number of fused-ring (bicyclic) bond motifs is 1. The predicted molar refractivity (Wildman–Crippen MR) is 122 cm³/mol. The van der Waals surface area contributed by atoms with Crippen molar-refractivity contribution in [1.29, 1.82) is 0 Å². The van der Waals surface area contributed by atoms with Crippen molar-refractivity contribution in [1.82, 2.24) is 5.32 Å². The Hall–Kier alpha value is -3.22. The summed E-state index contributed by atoms with van der Waals surface area (Å²) in [5, 5.41) is 13.0. The van der Waals surface area contributed by atoms with Crippen molar-refractivity contribution in [3.05, 3.63) is 41.5 Å². The zero-order valence-electron chi connectivity index (χ0n) is 19.0. The molecule has 2 saturated carbocycles. The van der Waals surface area contributed by atoms with E-state index in [9.17, 15) is 14.7 Å². The van der Waals surface area contributed by atoms with E-state index in [-0.39, 0.29) is 11.8 Å². The molecule has 0 spiro atoms. The van der Waals surface area contributed by atoms with Crippen molar-refractivity contribution >= 4 is 11.9 Å². The van der Waals surface area contributed by atoms with Crippen molar-refractivity contribution in [2.75, 3.05) is 14.2 Å². The quantitative estimate of drug-likeness (QED) is 0.617. The maximum Gasteiger partial charge on any atom is 0.313 e. The van der Waals surface area contributed by atoms with Gasteiger partial charge in [0, 0.05) is 17.7 Å². The van der Waals surface area contributed by atoms with E-state index in [0.717, 1.165) is 42.4 Å². The molecule has 0 radical (unpaired) electrons. The number of carboxylic acid groups (broad SMARTS) is 1. The second-order valence-electron chi connectivity index (χ2n) is 9.28. The van der Waals surface area contributed by atoms with Crippen molar-refractivity contribution < 1.29 is 28.9 Å². The number of rotatable bonds is 8. The number of methoxy groups -OCH3 is 2. The summed E-state index contributed by atoms with van der Waals surface area (Å²) in [6.45, 7) is 0.484. The summed E-state index contributed by atoms with van der Waals surface area (Å²) in [4.78, 5) is 24.4. The number of hydrogen-bond donors (Lipinski definition) is 2. The lowest BCUT2D eigenvalue weighted by atomic mass is 9.59. The van der Waals surface area contributed by atoms with Gasteiger partial charge in [0.1, 0.15) is 11.5 Å². The summed E-state index contributed by atoms with van der Waals surface area (Å²) >= 11 is 0. The predicted octanol–water partition coefficient (Wildman–Crippen LogP) is 4.42. The van der Waals surface area contributed by atoms with Crippen molar-refractivity contribution in [3.8, 4) is 28.4 Å². The molecular formula is C26H29NO6. The molecule has 174 valence electrons. The van der Waals surface area contributed by atoms with Gasteiger partial charge in [-0.15, -0.1) is 0 Å². The van der Waals surface area contributed by atoms with E-state index in [2.05, 4.69) is 5.32 Å². The maximum absolute atomic E-state index is 12.4. The Morgan fingerprint density at radius 3 is 2.39 bits per heavy atom. The van der Waals surface area contributed by atoms with Gasteiger partial charge in [0.05, 0.1) is 14.2 Å². The Bertz CT molecular complexity index is 1100. The molecule has 2 fully saturated rings. The highest BCUT2D eigenvalue weighted by Crippen LogP contribution is 2.54. The number of carbonyl (C=O) groups excluding carboxylic acids is 1. The number of carbonyl (C=O) groups is 2. The van der Waals surface area contributed by atoms with E-state index in [0.29, 0.717) is 42.2 Å².